The number of ether oxygens (including phenoxy) is 1. The van der Waals surface area contributed by atoms with E-state index in [2.05, 4.69) is 34.7 Å². The SMILES string of the molecule is CCNC(c1cccc(OCC)c1)c1csc(C)n1. The van der Waals surface area contributed by atoms with Gasteiger partial charge in [0.25, 0.3) is 0 Å². The summed E-state index contributed by atoms with van der Waals surface area (Å²) < 4.78 is 5.57. The molecule has 1 aromatic heterocycles. The van der Waals surface area contributed by atoms with Crippen molar-refractivity contribution in [2.75, 3.05) is 13.2 Å². The van der Waals surface area contributed by atoms with Crippen molar-refractivity contribution < 1.29 is 4.74 Å². The molecule has 0 amide bonds. The largest absolute Gasteiger partial charge is 0.494 e. The summed E-state index contributed by atoms with van der Waals surface area (Å²) in [5, 5.41) is 6.70. The van der Waals surface area contributed by atoms with Crippen molar-refractivity contribution >= 4 is 11.3 Å². The quantitative estimate of drug-likeness (QED) is 0.876. The fraction of sp³-hybridized carbons (Fsp3) is 0.400. The number of hydrogen-bond donors (Lipinski definition) is 1. The molecule has 2 rings (SSSR count). The molecule has 0 aliphatic rings. The zero-order chi connectivity index (χ0) is 13.7. The van der Waals surface area contributed by atoms with Crippen LogP contribution in [0.5, 0.6) is 5.75 Å². The lowest BCUT2D eigenvalue weighted by Crippen LogP contribution is -2.22. The molecule has 2 aromatic rings. The molecule has 0 bridgehead atoms. The van der Waals surface area contributed by atoms with E-state index in [9.17, 15) is 0 Å². The van der Waals surface area contributed by atoms with Gasteiger partial charge in [0.05, 0.1) is 23.4 Å². The monoisotopic (exact) mass is 276 g/mol. The van der Waals surface area contributed by atoms with Gasteiger partial charge in [-0.15, -0.1) is 11.3 Å². The predicted molar refractivity (Wildman–Crippen MR) is 80.0 cm³/mol. The van der Waals surface area contributed by atoms with E-state index in [4.69, 9.17) is 4.74 Å². The first kappa shape index (κ1) is 14.0. The number of thiazole rings is 1. The van der Waals surface area contributed by atoms with Gasteiger partial charge in [0.2, 0.25) is 0 Å². The smallest absolute Gasteiger partial charge is 0.119 e. The summed E-state index contributed by atoms with van der Waals surface area (Å²) in [5.41, 5.74) is 2.27. The summed E-state index contributed by atoms with van der Waals surface area (Å²) in [6, 6.07) is 8.36. The van der Waals surface area contributed by atoms with Gasteiger partial charge in [-0.1, -0.05) is 19.1 Å². The first-order valence-electron chi connectivity index (χ1n) is 6.62. The van der Waals surface area contributed by atoms with Crippen LogP contribution in [-0.4, -0.2) is 18.1 Å². The Hall–Kier alpha value is -1.39. The summed E-state index contributed by atoms with van der Waals surface area (Å²) in [4.78, 5) is 4.60. The van der Waals surface area contributed by atoms with Crippen LogP contribution in [0.15, 0.2) is 29.6 Å². The maximum absolute atomic E-state index is 5.57. The Bertz CT molecular complexity index is 524. The zero-order valence-electron chi connectivity index (χ0n) is 11.6. The van der Waals surface area contributed by atoms with Crippen LogP contribution >= 0.6 is 11.3 Å². The van der Waals surface area contributed by atoms with Gasteiger partial charge >= 0.3 is 0 Å². The van der Waals surface area contributed by atoms with Crippen molar-refractivity contribution in [3.63, 3.8) is 0 Å². The van der Waals surface area contributed by atoms with Crippen molar-refractivity contribution in [2.45, 2.75) is 26.8 Å². The summed E-state index contributed by atoms with van der Waals surface area (Å²) in [7, 11) is 0. The number of aromatic nitrogens is 1. The summed E-state index contributed by atoms with van der Waals surface area (Å²) >= 11 is 1.69. The fourth-order valence-corrected chi connectivity index (χ4v) is 2.70. The first-order chi connectivity index (χ1) is 9.24. The van der Waals surface area contributed by atoms with E-state index < -0.39 is 0 Å². The summed E-state index contributed by atoms with van der Waals surface area (Å²) in [6.45, 7) is 7.73. The van der Waals surface area contributed by atoms with Gasteiger partial charge in [-0.25, -0.2) is 4.98 Å². The third-order valence-electron chi connectivity index (χ3n) is 2.84. The minimum absolute atomic E-state index is 0.135. The highest BCUT2D eigenvalue weighted by Crippen LogP contribution is 2.26. The minimum Gasteiger partial charge on any atom is -0.494 e. The highest BCUT2D eigenvalue weighted by molar-refractivity contribution is 7.09. The first-order valence-corrected chi connectivity index (χ1v) is 7.50. The lowest BCUT2D eigenvalue weighted by atomic mass is 10.0. The van der Waals surface area contributed by atoms with Gasteiger partial charge in [-0.05, 0) is 38.1 Å². The fourth-order valence-electron chi connectivity index (χ4n) is 2.06. The van der Waals surface area contributed by atoms with E-state index in [1.54, 1.807) is 11.3 Å². The van der Waals surface area contributed by atoms with Crippen LogP contribution in [0.1, 0.15) is 36.2 Å². The van der Waals surface area contributed by atoms with Gasteiger partial charge in [-0.3, -0.25) is 0 Å². The van der Waals surface area contributed by atoms with Crippen LogP contribution in [0, 0.1) is 6.92 Å². The molecule has 0 spiro atoms. The molecule has 4 heteroatoms. The number of nitrogens with one attached hydrogen (secondary N) is 1. The Morgan fingerprint density at radius 1 is 1.37 bits per heavy atom. The van der Waals surface area contributed by atoms with Gasteiger partial charge in [0.15, 0.2) is 0 Å². The van der Waals surface area contributed by atoms with Crippen LogP contribution in [0.25, 0.3) is 0 Å². The van der Waals surface area contributed by atoms with E-state index in [0.717, 1.165) is 23.0 Å². The highest BCUT2D eigenvalue weighted by atomic mass is 32.1. The van der Waals surface area contributed by atoms with E-state index in [1.165, 1.54) is 5.56 Å². The molecular weight excluding hydrogens is 256 g/mol. The maximum atomic E-state index is 5.57. The minimum atomic E-state index is 0.135. The van der Waals surface area contributed by atoms with E-state index in [1.807, 2.05) is 26.0 Å². The molecule has 1 unspecified atom stereocenters. The van der Waals surface area contributed by atoms with Crippen LogP contribution in [-0.2, 0) is 0 Å². The second-order valence-electron chi connectivity index (χ2n) is 4.29. The average molecular weight is 276 g/mol. The van der Waals surface area contributed by atoms with E-state index >= 15 is 0 Å². The second-order valence-corrected chi connectivity index (χ2v) is 5.35. The lowest BCUT2D eigenvalue weighted by Gasteiger charge is -2.17. The molecule has 19 heavy (non-hydrogen) atoms. The van der Waals surface area contributed by atoms with Crippen molar-refractivity contribution in [3.05, 3.63) is 45.9 Å². The maximum Gasteiger partial charge on any atom is 0.119 e. The molecular formula is C15H20N2OS. The van der Waals surface area contributed by atoms with Crippen molar-refractivity contribution in [3.8, 4) is 5.75 Å². The average Bonchev–Trinajstić information content (AvgIpc) is 2.83. The molecule has 3 nitrogen and oxygen atoms in total. The van der Waals surface area contributed by atoms with Crippen LogP contribution in [0.2, 0.25) is 0 Å². The summed E-state index contributed by atoms with van der Waals surface area (Å²) in [6.07, 6.45) is 0. The molecule has 0 saturated carbocycles. The Labute approximate surface area is 118 Å². The molecule has 0 saturated heterocycles. The Kier molecular flexibility index (Phi) is 4.93. The van der Waals surface area contributed by atoms with Crippen molar-refractivity contribution in [1.29, 1.82) is 0 Å². The number of benzene rings is 1. The normalized spacial score (nSPS) is 12.4. The van der Waals surface area contributed by atoms with E-state index in [0.29, 0.717) is 6.61 Å². The van der Waals surface area contributed by atoms with Crippen molar-refractivity contribution in [2.24, 2.45) is 0 Å². The Balaban J connectivity index is 2.30. The third-order valence-corrected chi connectivity index (χ3v) is 3.63. The number of hydrogen-bond acceptors (Lipinski definition) is 4. The molecule has 1 aromatic carbocycles. The molecule has 0 aliphatic heterocycles. The van der Waals surface area contributed by atoms with E-state index in [-0.39, 0.29) is 6.04 Å². The Morgan fingerprint density at radius 3 is 2.84 bits per heavy atom. The molecule has 0 radical (unpaired) electrons. The second kappa shape index (κ2) is 6.68. The number of nitrogens with zero attached hydrogens (tertiary/aromatic N) is 1. The number of aryl methyl sites for hydroxylation is 1. The topological polar surface area (TPSA) is 34.1 Å². The highest BCUT2D eigenvalue weighted by Gasteiger charge is 2.16. The van der Waals surface area contributed by atoms with Crippen LogP contribution < -0.4 is 10.1 Å². The standard InChI is InChI=1S/C15H20N2OS/c1-4-16-15(14-10-19-11(3)17-14)12-7-6-8-13(9-12)18-5-2/h6-10,15-16H,4-5H2,1-3H3. The third kappa shape index (κ3) is 3.55. The molecule has 1 heterocycles. The molecule has 0 fully saturated rings. The summed E-state index contributed by atoms with van der Waals surface area (Å²) in [5.74, 6) is 0.912. The lowest BCUT2D eigenvalue weighted by molar-refractivity contribution is 0.339. The molecule has 102 valence electrons. The van der Waals surface area contributed by atoms with Crippen LogP contribution in [0.4, 0.5) is 0 Å². The van der Waals surface area contributed by atoms with Crippen molar-refractivity contribution in [1.82, 2.24) is 10.3 Å². The predicted octanol–water partition coefficient (Wildman–Crippen LogP) is 3.55. The Morgan fingerprint density at radius 2 is 2.21 bits per heavy atom. The van der Waals surface area contributed by atoms with Gasteiger partial charge in [0.1, 0.15) is 5.75 Å². The number of rotatable bonds is 6. The molecule has 1 N–H and O–H groups in total. The van der Waals surface area contributed by atoms with Crippen LogP contribution in [0.3, 0.4) is 0 Å². The van der Waals surface area contributed by atoms with Gasteiger partial charge < -0.3 is 10.1 Å². The van der Waals surface area contributed by atoms with Gasteiger partial charge in [-0.2, -0.15) is 0 Å². The van der Waals surface area contributed by atoms with Gasteiger partial charge in [0, 0.05) is 5.38 Å². The molecule has 1 atom stereocenters. The zero-order valence-corrected chi connectivity index (χ0v) is 12.5. The molecule has 0 aliphatic carbocycles.